The Hall–Kier alpha value is -0.340. The Bertz CT molecular complexity index is 140. The molecule has 0 aromatic heterocycles. The first-order valence-corrected chi connectivity index (χ1v) is 3.84. The van der Waals surface area contributed by atoms with Crippen molar-refractivity contribution in [2.75, 3.05) is 7.05 Å². The number of rotatable bonds is 1. The van der Waals surface area contributed by atoms with Gasteiger partial charge in [0.1, 0.15) is 0 Å². The summed E-state index contributed by atoms with van der Waals surface area (Å²) < 4.78 is 0. The average molecular weight is 140 g/mol. The Labute approximate surface area is 62.5 Å². The number of likely N-dealkylation sites (N-methyl/N-ethyl adjacent to an activating group) is 1. The zero-order chi connectivity index (χ0) is 7.56. The molecule has 0 fully saturated rings. The van der Waals surface area contributed by atoms with Crippen molar-refractivity contribution in [3.63, 3.8) is 0 Å². The Kier molecular flexibility index (Phi) is 2.46. The van der Waals surface area contributed by atoms with E-state index in [1.54, 1.807) is 0 Å². The molecule has 0 saturated heterocycles. The van der Waals surface area contributed by atoms with E-state index in [1.807, 2.05) is 7.05 Å². The van der Waals surface area contributed by atoms with Gasteiger partial charge in [-0.15, -0.1) is 0 Å². The number of nitrogens with one attached hydrogen (secondary N) is 1. The second-order valence-electron chi connectivity index (χ2n) is 3.02. The number of nitrogens with two attached hydrogens (primary N) is 1. The quantitative estimate of drug-likeness (QED) is 0.525. The minimum absolute atomic E-state index is 0.221. The van der Waals surface area contributed by atoms with Crippen molar-refractivity contribution in [2.24, 2.45) is 5.73 Å². The molecule has 2 nitrogen and oxygen atoms in total. The summed E-state index contributed by atoms with van der Waals surface area (Å²) in [4.78, 5) is 0. The van der Waals surface area contributed by atoms with Crippen molar-refractivity contribution < 1.29 is 0 Å². The van der Waals surface area contributed by atoms with Gasteiger partial charge < -0.3 is 11.1 Å². The van der Waals surface area contributed by atoms with Crippen LogP contribution in [0.4, 0.5) is 0 Å². The molecule has 10 heavy (non-hydrogen) atoms. The third kappa shape index (κ3) is 1.58. The van der Waals surface area contributed by atoms with E-state index in [2.05, 4.69) is 18.3 Å². The molecule has 1 rings (SSSR count). The highest BCUT2D eigenvalue weighted by Gasteiger charge is 2.17. The molecular weight excluding hydrogens is 124 g/mol. The summed E-state index contributed by atoms with van der Waals surface area (Å²) in [6.07, 6.45) is 4.53. The molecule has 1 aliphatic carbocycles. The van der Waals surface area contributed by atoms with Gasteiger partial charge in [-0.1, -0.05) is 11.6 Å². The molecule has 0 amide bonds. The molecule has 58 valence electrons. The van der Waals surface area contributed by atoms with E-state index in [4.69, 9.17) is 5.73 Å². The molecule has 1 unspecified atom stereocenters. The van der Waals surface area contributed by atoms with Gasteiger partial charge in [0, 0.05) is 12.1 Å². The van der Waals surface area contributed by atoms with Crippen molar-refractivity contribution in [1.29, 1.82) is 0 Å². The van der Waals surface area contributed by atoms with Gasteiger partial charge in [0.05, 0.1) is 0 Å². The van der Waals surface area contributed by atoms with E-state index in [-0.39, 0.29) is 6.04 Å². The van der Waals surface area contributed by atoms with Gasteiger partial charge in [0.25, 0.3) is 0 Å². The van der Waals surface area contributed by atoms with Gasteiger partial charge in [-0.05, 0) is 26.8 Å². The summed E-state index contributed by atoms with van der Waals surface area (Å²) in [6.45, 7) is 2.14. The average Bonchev–Trinajstić information content (AvgIpc) is 1.88. The molecule has 0 radical (unpaired) electrons. The molecule has 3 N–H and O–H groups in total. The highest BCUT2D eigenvalue weighted by atomic mass is 14.9. The number of allylic oxidation sites excluding steroid dienone is 1. The van der Waals surface area contributed by atoms with E-state index in [1.165, 1.54) is 18.4 Å². The van der Waals surface area contributed by atoms with Gasteiger partial charge in [-0.3, -0.25) is 0 Å². The van der Waals surface area contributed by atoms with Crippen LogP contribution >= 0.6 is 0 Å². The Balaban J connectivity index is 2.55. The second-order valence-corrected chi connectivity index (χ2v) is 3.02. The number of hydrogen-bond acceptors (Lipinski definition) is 2. The maximum Gasteiger partial charge on any atom is 0.0382 e. The number of hydrogen-bond donors (Lipinski definition) is 2. The molecule has 0 aromatic rings. The fourth-order valence-electron chi connectivity index (χ4n) is 1.44. The fourth-order valence-corrected chi connectivity index (χ4v) is 1.44. The lowest BCUT2D eigenvalue weighted by Gasteiger charge is -2.25. The van der Waals surface area contributed by atoms with Gasteiger partial charge in [-0.25, -0.2) is 0 Å². The van der Waals surface area contributed by atoms with Crippen LogP contribution in [-0.4, -0.2) is 19.1 Å². The van der Waals surface area contributed by atoms with Gasteiger partial charge >= 0.3 is 0 Å². The monoisotopic (exact) mass is 140 g/mol. The molecule has 0 aromatic carbocycles. The predicted octanol–water partition coefficient (Wildman–Crippen LogP) is 0.642. The molecule has 2 heteroatoms. The molecule has 0 bridgehead atoms. The van der Waals surface area contributed by atoms with Gasteiger partial charge in [0.2, 0.25) is 0 Å². The van der Waals surface area contributed by atoms with Crippen molar-refractivity contribution in [3.8, 4) is 0 Å². The van der Waals surface area contributed by atoms with Crippen LogP contribution in [0.15, 0.2) is 11.6 Å². The largest absolute Gasteiger partial charge is 0.323 e. The summed E-state index contributed by atoms with van der Waals surface area (Å²) in [7, 11) is 1.97. The second kappa shape index (κ2) is 3.17. The fraction of sp³-hybridized carbons (Fsp3) is 0.750. The third-order valence-corrected chi connectivity index (χ3v) is 2.16. The lowest BCUT2D eigenvalue weighted by molar-refractivity contribution is 0.458. The van der Waals surface area contributed by atoms with E-state index in [0.717, 1.165) is 0 Å². The van der Waals surface area contributed by atoms with E-state index in [9.17, 15) is 0 Å². The van der Waals surface area contributed by atoms with E-state index >= 15 is 0 Å². The van der Waals surface area contributed by atoms with Crippen molar-refractivity contribution >= 4 is 0 Å². The first-order valence-electron chi connectivity index (χ1n) is 3.84. The van der Waals surface area contributed by atoms with E-state index in [0.29, 0.717) is 6.04 Å². The molecule has 0 aliphatic heterocycles. The first kappa shape index (κ1) is 7.76. The lowest BCUT2D eigenvalue weighted by Crippen LogP contribution is -2.44. The molecule has 1 aliphatic rings. The summed E-state index contributed by atoms with van der Waals surface area (Å²) in [6, 6.07) is 0.711. The minimum Gasteiger partial charge on any atom is -0.323 e. The van der Waals surface area contributed by atoms with Crippen LogP contribution in [0, 0.1) is 0 Å². The maximum absolute atomic E-state index is 5.84. The zero-order valence-corrected chi connectivity index (χ0v) is 6.72. The molecule has 2 atom stereocenters. The normalized spacial score (nSPS) is 33.7. The molecule has 0 saturated carbocycles. The summed E-state index contributed by atoms with van der Waals surface area (Å²) in [5, 5.41) is 3.20. The lowest BCUT2D eigenvalue weighted by atomic mass is 9.93. The van der Waals surface area contributed by atoms with Crippen molar-refractivity contribution in [2.45, 2.75) is 31.8 Å². The first-order chi connectivity index (χ1) is 4.74. The van der Waals surface area contributed by atoms with Crippen LogP contribution in [0.25, 0.3) is 0 Å². The van der Waals surface area contributed by atoms with E-state index < -0.39 is 0 Å². The standard InChI is InChI=1S/C8H16N2/c1-6-3-4-8(10-2)7(9)5-6/h5,7-8,10H,3-4,9H2,1-2H3/t7-,8?/m1/s1. The summed E-state index contributed by atoms with van der Waals surface area (Å²) in [5.74, 6) is 0. The van der Waals surface area contributed by atoms with Crippen molar-refractivity contribution in [1.82, 2.24) is 5.32 Å². The topological polar surface area (TPSA) is 38.0 Å². The van der Waals surface area contributed by atoms with Crippen LogP contribution in [0.5, 0.6) is 0 Å². The van der Waals surface area contributed by atoms with Crippen molar-refractivity contribution in [3.05, 3.63) is 11.6 Å². The summed E-state index contributed by atoms with van der Waals surface area (Å²) >= 11 is 0. The smallest absolute Gasteiger partial charge is 0.0382 e. The Morgan fingerprint density at radius 2 is 2.40 bits per heavy atom. The van der Waals surface area contributed by atoms with Crippen LogP contribution in [-0.2, 0) is 0 Å². The highest BCUT2D eigenvalue weighted by Crippen LogP contribution is 2.15. The van der Waals surface area contributed by atoms with Gasteiger partial charge in [0.15, 0.2) is 0 Å². The Morgan fingerprint density at radius 1 is 1.70 bits per heavy atom. The van der Waals surface area contributed by atoms with Crippen LogP contribution in [0.1, 0.15) is 19.8 Å². The zero-order valence-electron chi connectivity index (χ0n) is 6.72. The Morgan fingerprint density at radius 3 is 2.90 bits per heavy atom. The van der Waals surface area contributed by atoms with Crippen LogP contribution < -0.4 is 11.1 Å². The molecule has 0 heterocycles. The predicted molar refractivity (Wildman–Crippen MR) is 43.8 cm³/mol. The minimum atomic E-state index is 0.221. The molecular formula is C8H16N2. The highest BCUT2D eigenvalue weighted by molar-refractivity contribution is 5.11. The van der Waals surface area contributed by atoms with Gasteiger partial charge in [-0.2, -0.15) is 0 Å². The summed E-state index contributed by atoms with van der Waals surface area (Å²) in [5.41, 5.74) is 7.27. The van der Waals surface area contributed by atoms with Crippen LogP contribution in [0.2, 0.25) is 0 Å². The maximum atomic E-state index is 5.84. The van der Waals surface area contributed by atoms with Crippen LogP contribution in [0.3, 0.4) is 0 Å². The molecule has 0 spiro atoms. The SMILES string of the molecule is CNC1CCC(C)=C[C@H]1N. The third-order valence-electron chi connectivity index (χ3n) is 2.16.